The van der Waals surface area contributed by atoms with E-state index in [9.17, 15) is 9.59 Å². The minimum absolute atomic E-state index is 0.0338. The number of rotatable bonds is 6. The number of nitrogens with one attached hydrogen (secondary N) is 1. The Morgan fingerprint density at radius 1 is 0.960 bits per heavy atom. The molecule has 1 fully saturated rings. The summed E-state index contributed by atoms with van der Waals surface area (Å²) >= 11 is 0. The molecule has 0 radical (unpaired) electrons. The zero-order valence-corrected chi connectivity index (χ0v) is 14.1. The SMILES string of the molecule is O=C(O)[C@H]1CC[C@@H](C(=O)NC(Cc2ccccc2)c2ccccc2)C1. The summed E-state index contributed by atoms with van der Waals surface area (Å²) in [4.78, 5) is 23.8. The molecule has 2 aromatic rings. The van der Waals surface area contributed by atoms with E-state index in [1.807, 2.05) is 48.5 Å². The van der Waals surface area contributed by atoms with Gasteiger partial charge in [0.1, 0.15) is 0 Å². The molecule has 4 nitrogen and oxygen atoms in total. The molecule has 0 aliphatic heterocycles. The van der Waals surface area contributed by atoms with Gasteiger partial charge in [-0.15, -0.1) is 0 Å². The lowest BCUT2D eigenvalue weighted by Gasteiger charge is -2.21. The Morgan fingerprint density at radius 2 is 1.56 bits per heavy atom. The third-order valence-corrected chi connectivity index (χ3v) is 4.95. The summed E-state index contributed by atoms with van der Waals surface area (Å²) in [7, 11) is 0. The van der Waals surface area contributed by atoms with Gasteiger partial charge in [0.2, 0.25) is 5.91 Å². The minimum Gasteiger partial charge on any atom is -0.481 e. The van der Waals surface area contributed by atoms with Crippen molar-refractivity contribution in [2.45, 2.75) is 31.7 Å². The van der Waals surface area contributed by atoms with Gasteiger partial charge in [-0.1, -0.05) is 60.7 Å². The molecule has 25 heavy (non-hydrogen) atoms. The van der Waals surface area contributed by atoms with Crippen LogP contribution in [0.2, 0.25) is 0 Å². The molecule has 1 aliphatic carbocycles. The first-order chi connectivity index (χ1) is 12.1. The second-order valence-corrected chi connectivity index (χ2v) is 6.71. The zero-order chi connectivity index (χ0) is 17.6. The number of benzene rings is 2. The van der Waals surface area contributed by atoms with Crippen LogP contribution in [0.25, 0.3) is 0 Å². The standard InChI is InChI=1S/C21H23NO3/c23-20(17-11-12-18(14-17)21(24)25)22-19(16-9-5-2-6-10-16)13-15-7-3-1-4-8-15/h1-10,17-19H,11-14H2,(H,22,23)(H,24,25)/t17-,18+,19?/m1/s1. The Bertz CT molecular complexity index is 714. The normalized spacial score (nSPS) is 20.8. The van der Waals surface area contributed by atoms with E-state index in [1.165, 1.54) is 0 Å². The molecule has 0 bridgehead atoms. The maximum absolute atomic E-state index is 12.7. The van der Waals surface area contributed by atoms with Crippen molar-refractivity contribution in [3.63, 3.8) is 0 Å². The molecule has 1 amide bonds. The van der Waals surface area contributed by atoms with Crippen LogP contribution in [0, 0.1) is 11.8 Å². The van der Waals surface area contributed by atoms with Crippen LogP contribution in [-0.2, 0) is 16.0 Å². The zero-order valence-electron chi connectivity index (χ0n) is 14.1. The average Bonchev–Trinajstić information content (AvgIpc) is 3.13. The lowest BCUT2D eigenvalue weighted by atomic mass is 9.97. The van der Waals surface area contributed by atoms with E-state index in [0.717, 1.165) is 11.1 Å². The van der Waals surface area contributed by atoms with Crippen LogP contribution in [0.1, 0.15) is 36.4 Å². The molecule has 2 aromatic carbocycles. The average molecular weight is 337 g/mol. The number of aliphatic carboxylic acids is 1. The summed E-state index contributed by atoms with van der Waals surface area (Å²) in [6, 6.07) is 19.9. The summed E-state index contributed by atoms with van der Waals surface area (Å²) in [6.45, 7) is 0. The predicted octanol–water partition coefficient (Wildman–Crippen LogP) is 3.59. The first kappa shape index (κ1) is 17.2. The first-order valence-electron chi connectivity index (χ1n) is 8.75. The van der Waals surface area contributed by atoms with Gasteiger partial charge in [0.05, 0.1) is 12.0 Å². The van der Waals surface area contributed by atoms with Gasteiger partial charge >= 0.3 is 5.97 Å². The number of carboxylic acids is 1. The van der Waals surface area contributed by atoms with Gasteiger partial charge in [-0.3, -0.25) is 9.59 Å². The number of carbonyl (C=O) groups is 2. The highest BCUT2D eigenvalue weighted by molar-refractivity contribution is 5.81. The van der Waals surface area contributed by atoms with Gasteiger partial charge in [-0.05, 0) is 36.8 Å². The van der Waals surface area contributed by atoms with Crippen LogP contribution in [0.15, 0.2) is 60.7 Å². The molecule has 2 N–H and O–H groups in total. The van der Waals surface area contributed by atoms with Crippen molar-refractivity contribution in [2.24, 2.45) is 11.8 Å². The fourth-order valence-corrected chi connectivity index (χ4v) is 3.52. The Balaban J connectivity index is 1.71. The number of carboxylic acid groups (broad SMARTS) is 1. The van der Waals surface area contributed by atoms with E-state index in [2.05, 4.69) is 17.4 Å². The Labute approximate surface area is 147 Å². The van der Waals surface area contributed by atoms with E-state index < -0.39 is 5.97 Å². The molecule has 130 valence electrons. The largest absolute Gasteiger partial charge is 0.481 e. The monoisotopic (exact) mass is 337 g/mol. The molecular weight excluding hydrogens is 314 g/mol. The van der Waals surface area contributed by atoms with E-state index in [1.54, 1.807) is 0 Å². The van der Waals surface area contributed by atoms with Gasteiger partial charge in [-0.25, -0.2) is 0 Å². The summed E-state index contributed by atoms with van der Waals surface area (Å²) < 4.78 is 0. The predicted molar refractivity (Wildman–Crippen MR) is 95.9 cm³/mol. The molecule has 1 aliphatic rings. The van der Waals surface area contributed by atoms with E-state index in [4.69, 9.17) is 5.11 Å². The molecule has 4 heteroatoms. The molecular formula is C21H23NO3. The Morgan fingerprint density at radius 3 is 2.16 bits per heavy atom. The van der Waals surface area contributed by atoms with Crippen LogP contribution >= 0.6 is 0 Å². The molecule has 3 rings (SSSR count). The topological polar surface area (TPSA) is 66.4 Å². The third kappa shape index (κ3) is 4.47. The summed E-state index contributed by atoms with van der Waals surface area (Å²) in [5.41, 5.74) is 2.22. The lowest BCUT2D eigenvalue weighted by molar-refractivity contribution is -0.141. The fraction of sp³-hybridized carbons (Fsp3) is 0.333. The third-order valence-electron chi connectivity index (χ3n) is 4.95. The van der Waals surface area contributed by atoms with Crippen LogP contribution in [0.5, 0.6) is 0 Å². The molecule has 0 saturated heterocycles. The van der Waals surface area contributed by atoms with Gasteiger partial charge in [0, 0.05) is 5.92 Å². The van der Waals surface area contributed by atoms with Gasteiger partial charge in [0.15, 0.2) is 0 Å². The van der Waals surface area contributed by atoms with Crippen molar-refractivity contribution in [3.8, 4) is 0 Å². The second kappa shape index (κ2) is 7.97. The highest BCUT2D eigenvalue weighted by Crippen LogP contribution is 2.32. The van der Waals surface area contributed by atoms with Crippen molar-refractivity contribution in [1.82, 2.24) is 5.32 Å². The van der Waals surface area contributed by atoms with Crippen molar-refractivity contribution < 1.29 is 14.7 Å². The number of carbonyl (C=O) groups excluding carboxylic acids is 1. The quantitative estimate of drug-likeness (QED) is 0.846. The van der Waals surface area contributed by atoms with E-state index >= 15 is 0 Å². The van der Waals surface area contributed by atoms with Gasteiger partial charge in [0.25, 0.3) is 0 Å². The smallest absolute Gasteiger partial charge is 0.306 e. The summed E-state index contributed by atoms with van der Waals surface area (Å²) in [6.07, 6.45) is 2.39. The Hall–Kier alpha value is -2.62. The Kier molecular flexibility index (Phi) is 5.49. The van der Waals surface area contributed by atoms with Gasteiger partial charge in [-0.2, -0.15) is 0 Å². The van der Waals surface area contributed by atoms with Crippen LogP contribution in [-0.4, -0.2) is 17.0 Å². The minimum atomic E-state index is -0.792. The number of hydrogen-bond acceptors (Lipinski definition) is 2. The summed E-state index contributed by atoms with van der Waals surface area (Å²) in [5.74, 6) is -1.42. The van der Waals surface area contributed by atoms with Crippen molar-refractivity contribution in [3.05, 3.63) is 71.8 Å². The molecule has 0 heterocycles. The maximum Gasteiger partial charge on any atom is 0.306 e. The van der Waals surface area contributed by atoms with Crippen molar-refractivity contribution in [1.29, 1.82) is 0 Å². The summed E-state index contributed by atoms with van der Waals surface area (Å²) in [5, 5.41) is 12.3. The van der Waals surface area contributed by atoms with Gasteiger partial charge < -0.3 is 10.4 Å². The first-order valence-corrected chi connectivity index (χ1v) is 8.75. The lowest BCUT2D eigenvalue weighted by Crippen LogP contribution is -2.34. The number of amides is 1. The number of hydrogen-bond donors (Lipinski definition) is 2. The molecule has 1 saturated carbocycles. The highest BCUT2D eigenvalue weighted by Gasteiger charge is 2.34. The van der Waals surface area contributed by atoms with Crippen LogP contribution in [0.4, 0.5) is 0 Å². The van der Waals surface area contributed by atoms with Crippen LogP contribution in [0.3, 0.4) is 0 Å². The van der Waals surface area contributed by atoms with Crippen LogP contribution < -0.4 is 5.32 Å². The van der Waals surface area contributed by atoms with Crippen molar-refractivity contribution in [2.75, 3.05) is 0 Å². The molecule has 1 unspecified atom stereocenters. The molecule has 3 atom stereocenters. The van der Waals surface area contributed by atoms with E-state index in [0.29, 0.717) is 25.7 Å². The fourth-order valence-electron chi connectivity index (χ4n) is 3.52. The highest BCUT2D eigenvalue weighted by atomic mass is 16.4. The molecule has 0 aromatic heterocycles. The second-order valence-electron chi connectivity index (χ2n) is 6.71. The maximum atomic E-state index is 12.7. The molecule has 0 spiro atoms. The van der Waals surface area contributed by atoms with E-state index in [-0.39, 0.29) is 23.8 Å². The van der Waals surface area contributed by atoms with Crippen molar-refractivity contribution >= 4 is 11.9 Å².